The molecule has 3 N–H and O–H groups in total. The van der Waals surface area contributed by atoms with Crippen LogP contribution in [0.1, 0.15) is 18.4 Å². The number of benzene rings is 1. The highest BCUT2D eigenvalue weighted by Crippen LogP contribution is 2.31. The number of para-hydroxylation sites is 1. The van der Waals surface area contributed by atoms with E-state index < -0.39 is 0 Å². The topological polar surface area (TPSA) is 96.8 Å². The molecule has 0 aliphatic heterocycles. The van der Waals surface area contributed by atoms with E-state index in [0.717, 1.165) is 11.1 Å². The van der Waals surface area contributed by atoms with Crippen LogP contribution < -0.4 is 15.8 Å². The molecule has 4 rings (SSSR count). The Morgan fingerprint density at radius 2 is 1.92 bits per heavy atom. The van der Waals surface area contributed by atoms with Gasteiger partial charge in [0.1, 0.15) is 11.6 Å². The largest absolute Gasteiger partial charge is 0.479 e. The number of nitrogens with one attached hydrogen (secondary N) is 1. The van der Waals surface area contributed by atoms with E-state index >= 15 is 0 Å². The molecule has 0 saturated heterocycles. The third-order valence-corrected chi connectivity index (χ3v) is 3.73. The summed E-state index contributed by atoms with van der Waals surface area (Å²) in [6.07, 6.45) is 5.69. The first-order valence-electron chi connectivity index (χ1n) is 8.02. The minimum absolute atomic E-state index is 0.438. The van der Waals surface area contributed by atoms with Crippen LogP contribution in [0.15, 0.2) is 48.8 Å². The standard InChI is InChI=1S/C16H12N4O.C3H7N/c1-21-16-15-13(7-8-18-16)14(11(9-17)10-19-15)20-12-5-3-2-4-6-12;4-3-1-2-3/h2-8,10H,1H3,(H,19,20);3H,1-2,4H2. The molecule has 3 aromatic rings. The van der Waals surface area contributed by atoms with Gasteiger partial charge in [0.25, 0.3) is 0 Å². The van der Waals surface area contributed by atoms with Gasteiger partial charge in [-0.15, -0.1) is 0 Å². The minimum atomic E-state index is 0.438. The maximum Gasteiger partial charge on any atom is 0.240 e. The molecule has 6 nitrogen and oxygen atoms in total. The predicted octanol–water partition coefficient (Wildman–Crippen LogP) is 3.36. The Balaban J connectivity index is 0.000000401. The van der Waals surface area contributed by atoms with Crippen molar-refractivity contribution in [2.45, 2.75) is 18.9 Å². The zero-order valence-electron chi connectivity index (χ0n) is 13.9. The molecule has 126 valence electrons. The van der Waals surface area contributed by atoms with Crippen molar-refractivity contribution in [3.63, 3.8) is 0 Å². The van der Waals surface area contributed by atoms with Gasteiger partial charge in [-0.05, 0) is 31.0 Å². The van der Waals surface area contributed by atoms with E-state index in [-0.39, 0.29) is 0 Å². The average molecular weight is 333 g/mol. The van der Waals surface area contributed by atoms with Crippen LogP contribution in [0, 0.1) is 11.3 Å². The quantitative estimate of drug-likeness (QED) is 0.763. The van der Waals surface area contributed by atoms with Gasteiger partial charge in [-0.1, -0.05) is 18.2 Å². The molecule has 0 amide bonds. The Labute approximate surface area is 146 Å². The van der Waals surface area contributed by atoms with Crippen molar-refractivity contribution in [1.29, 1.82) is 5.26 Å². The molecule has 2 heterocycles. The predicted molar refractivity (Wildman–Crippen MR) is 97.7 cm³/mol. The Hall–Kier alpha value is -3.17. The normalized spacial score (nSPS) is 12.7. The first kappa shape index (κ1) is 16.7. The fraction of sp³-hybridized carbons (Fsp3) is 0.211. The highest BCUT2D eigenvalue weighted by Gasteiger charge is 2.13. The van der Waals surface area contributed by atoms with Gasteiger partial charge < -0.3 is 15.8 Å². The lowest BCUT2D eigenvalue weighted by molar-refractivity contribution is 0.402. The number of nitrogens with two attached hydrogens (primary N) is 1. The number of hydrogen-bond acceptors (Lipinski definition) is 6. The molecule has 6 heteroatoms. The number of methoxy groups -OCH3 is 1. The number of ether oxygens (including phenoxy) is 1. The van der Waals surface area contributed by atoms with Gasteiger partial charge in [0, 0.05) is 29.5 Å². The van der Waals surface area contributed by atoms with Crippen LogP contribution >= 0.6 is 0 Å². The maximum absolute atomic E-state index is 9.31. The highest BCUT2D eigenvalue weighted by molar-refractivity contribution is 5.97. The summed E-state index contributed by atoms with van der Waals surface area (Å²) in [5.41, 5.74) is 7.92. The number of hydrogen-bond donors (Lipinski definition) is 2. The van der Waals surface area contributed by atoms with Gasteiger partial charge in [-0.3, -0.25) is 0 Å². The van der Waals surface area contributed by atoms with E-state index in [9.17, 15) is 5.26 Å². The summed E-state index contributed by atoms with van der Waals surface area (Å²) < 4.78 is 5.22. The SMILES string of the molecule is COc1nccc2c(Nc3ccccc3)c(C#N)cnc12.NC1CC1. The lowest BCUT2D eigenvalue weighted by Crippen LogP contribution is -1.98. The lowest BCUT2D eigenvalue weighted by Gasteiger charge is -2.12. The summed E-state index contributed by atoms with van der Waals surface area (Å²) in [6.45, 7) is 0. The summed E-state index contributed by atoms with van der Waals surface area (Å²) in [6, 6.07) is 14.2. The number of anilines is 2. The Bertz CT molecular complexity index is 901. The average Bonchev–Trinajstić information content (AvgIpc) is 3.45. The highest BCUT2D eigenvalue weighted by atomic mass is 16.5. The molecule has 1 aliphatic rings. The van der Waals surface area contributed by atoms with Gasteiger partial charge >= 0.3 is 0 Å². The molecule has 25 heavy (non-hydrogen) atoms. The summed E-state index contributed by atoms with van der Waals surface area (Å²) >= 11 is 0. The molecule has 0 bridgehead atoms. The second-order valence-electron chi connectivity index (χ2n) is 5.70. The molecule has 1 saturated carbocycles. The van der Waals surface area contributed by atoms with E-state index in [4.69, 9.17) is 10.5 Å². The van der Waals surface area contributed by atoms with Crippen molar-refractivity contribution in [2.24, 2.45) is 5.73 Å². The van der Waals surface area contributed by atoms with Crippen LogP contribution in [0.5, 0.6) is 5.88 Å². The zero-order chi connectivity index (χ0) is 17.6. The van der Waals surface area contributed by atoms with Crippen molar-refractivity contribution in [3.8, 4) is 11.9 Å². The third-order valence-electron chi connectivity index (χ3n) is 3.73. The molecule has 0 atom stereocenters. The molecular formula is C19H19N5O. The second kappa shape index (κ2) is 7.60. The fourth-order valence-corrected chi connectivity index (χ4v) is 2.23. The Kier molecular flexibility index (Phi) is 5.07. The monoisotopic (exact) mass is 333 g/mol. The van der Waals surface area contributed by atoms with E-state index in [1.54, 1.807) is 13.3 Å². The summed E-state index contributed by atoms with van der Waals surface area (Å²) in [4.78, 5) is 8.41. The molecule has 0 spiro atoms. The van der Waals surface area contributed by atoms with E-state index in [1.807, 2.05) is 36.4 Å². The van der Waals surface area contributed by atoms with Crippen molar-refractivity contribution in [2.75, 3.05) is 12.4 Å². The maximum atomic E-state index is 9.31. The van der Waals surface area contributed by atoms with Crippen LogP contribution in [0.3, 0.4) is 0 Å². The van der Waals surface area contributed by atoms with Crippen molar-refractivity contribution < 1.29 is 4.74 Å². The van der Waals surface area contributed by atoms with Crippen molar-refractivity contribution in [1.82, 2.24) is 9.97 Å². The van der Waals surface area contributed by atoms with Crippen molar-refractivity contribution >= 4 is 22.3 Å². The van der Waals surface area contributed by atoms with Gasteiger partial charge in [-0.25, -0.2) is 9.97 Å². The second-order valence-corrected chi connectivity index (χ2v) is 5.70. The van der Waals surface area contributed by atoms with Crippen LogP contribution in [-0.2, 0) is 0 Å². The zero-order valence-corrected chi connectivity index (χ0v) is 13.9. The van der Waals surface area contributed by atoms with Crippen molar-refractivity contribution in [3.05, 3.63) is 54.4 Å². The lowest BCUT2D eigenvalue weighted by atomic mass is 10.1. The Morgan fingerprint density at radius 3 is 2.52 bits per heavy atom. The van der Waals surface area contributed by atoms with Gasteiger partial charge in [0.15, 0.2) is 0 Å². The number of fused-ring (bicyclic) bond motifs is 1. The summed E-state index contributed by atoms with van der Waals surface area (Å²) in [5, 5.41) is 13.4. The number of nitrogens with zero attached hydrogens (tertiary/aromatic N) is 3. The van der Waals surface area contributed by atoms with Gasteiger partial charge in [0.2, 0.25) is 5.88 Å². The smallest absolute Gasteiger partial charge is 0.240 e. The first-order chi connectivity index (χ1) is 12.2. The fourth-order valence-electron chi connectivity index (χ4n) is 2.23. The first-order valence-corrected chi connectivity index (χ1v) is 8.02. The van der Waals surface area contributed by atoms with Gasteiger partial charge in [-0.2, -0.15) is 5.26 Å². The number of aromatic nitrogens is 2. The van der Waals surface area contributed by atoms with E-state index in [2.05, 4.69) is 21.4 Å². The minimum Gasteiger partial charge on any atom is -0.479 e. The number of nitriles is 1. The molecule has 1 fully saturated rings. The van der Waals surface area contributed by atoms with Crippen LogP contribution in [0.25, 0.3) is 10.9 Å². The molecular weight excluding hydrogens is 314 g/mol. The molecule has 2 aromatic heterocycles. The molecule has 0 radical (unpaired) electrons. The molecule has 1 aromatic carbocycles. The van der Waals surface area contributed by atoms with E-state index in [0.29, 0.717) is 28.7 Å². The van der Waals surface area contributed by atoms with Crippen LogP contribution in [-0.4, -0.2) is 23.1 Å². The van der Waals surface area contributed by atoms with Crippen LogP contribution in [0.2, 0.25) is 0 Å². The summed E-state index contributed by atoms with van der Waals surface area (Å²) in [5.74, 6) is 0.438. The number of rotatable bonds is 3. The molecule has 0 unspecified atom stereocenters. The third kappa shape index (κ3) is 4.03. The Morgan fingerprint density at radius 1 is 1.20 bits per heavy atom. The van der Waals surface area contributed by atoms with E-state index in [1.165, 1.54) is 19.0 Å². The van der Waals surface area contributed by atoms with Gasteiger partial charge in [0.05, 0.1) is 18.4 Å². The summed E-state index contributed by atoms with van der Waals surface area (Å²) in [7, 11) is 1.55. The number of pyridine rings is 2. The molecule has 1 aliphatic carbocycles. The van der Waals surface area contributed by atoms with Crippen LogP contribution in [0.4, 0.5) is 11.4 Å².